The second-order valence-corrected chi connectivity index (χ2v) is 7.52. The number of carbonyl (C=O) groups excluding carboxylic acids is 2. The van der Waals surface area contributed by atoms with Crippen LogP contribution < -0.4 is 14.2 Å². The van der Waals surface area contributed by atoms with E-state index in [-0.39, 0.29) is 24.1 Å². The van der Waals surface area contributed by atoms with Crippen LogP contribution in [0.15, 0.2) is 29.6 Å². The first-order valence-corrected chi connectivity index (χ1v) is 10.0. The molecule has 0 radical (unpaired) electrons. The Morgan fingerprint density at radius 3 is 2.93 bits per heavy atom. The molecule has 4 rings (SSSR count). The summed E-state index contributed by atoms with van der Waals surface area (Å²) < 4.78 is 21.6. The minimum Gasteiger partial charge on any atom is -0.493 e. The molecule has 28 heavy (non-hydrogen) atoms. The van der Waals surface area contributed by atoms with Gasteiger partial charge in [0.15, 0.2) is 18.1 Å². The molecule has 0 bridgehead atoms. The molecule has 3 heterocycles. The monoisotopic (exact) mass is 403 g/mol. The summed E-state index contributed by atoms with van der Waals surface area (Å²) in [5.41, 5.74) is 0.255. The van der Waals surface area contributed by atoms with Crippen LogP contribution in [0.2, 0.25) is 0 Å². The Labute approximate surface area is 166 Å². The number of esters is 1. The zero-order chi connectivity index (χ0) is 19.5. The maximum Gasteiger partial charge on any atom is 0.338 e. The van der Waals surface area contributed by atoms with Crippen molar-refractivity contribution in [2.24, 2.45) is 0 Å². The topological polar surface area (TPSA) is 74.3 Å². The van der Waals surface area contributed by atoms with Crippen LogP contribution in [-0.4, -0.2) is 50.3 Å². The molecule has 0 saturated carbocycles. The number of methoxy groups -OCH3 is 1. The van der Waals surface area contributed by atoms with E-state index in [1.807, 2.05) is 17.5 Å². The maximum atomic E-state index is 12.6. The first-order valence-electron chi connectivity index (χ1n) is 9.15. The highest BCUT2D eigenvalue weighted by Crippen LogP contribution is 2.40. The summed E-state index contributed by atoms with van der Waals surface area (Å²) in [6.07, 6.45) is 1.88. The molecule has 1 fully saturated rings. The SMILES string of the molecule is COc1cc(C(=O)OCC(=O)N2CCCC2c2cccs2)cc2c1OCCO2. The highest BCUT2D eigenvalue weighted by molar-refractivity contribution is 7.10. The van der Waals surface area contributed by atoms with Gasteiger partial charge in [0, 0.05) is 11.4 Å². The molecule has 0 aliphatic carbocycles. The van der Waals surface area contributed by atoms with Gasteiger partial charge in [-0.05, 0) is 36.4 Å². The van der Waals surface area contributed by atoms with Crippen molar-refractivity contribution in [2.45, 2.75) is 18.9 Å². The van der Waals surface area contributed by atoms with Crippen molar-refractivity contribution in [1.82, 2.24) is 4.90 Å². The van der Waals surface area contributed by atoms with Crippen LogP contribution in [0.5, 0.6) is 17.2 Å². The van der Waals surface area contributed by atoms with Gasteiger partial charge in [0.1, 0.15) is 13.2 Å². The normalized spacial score (nSPS) is 18.0. The first kappa shape index (κ1) is 18.6. The van der Waals surface area contributed by atoms with E-state index in [9.17, 15) is 9.59 Å². The molecular formula is C20H21NO6S. The standard InChI is InChI=1S/C20H21NO6S/c1-24-15-10-13(11-16-19(15)26-8-7-25-16)20(23)27-12-18(22)21-6-2-4-14(21)17-5-3-9-28-17/h3,5,9-11,14H,2,4,6-8,12H2,1H3. The van der Waals surface area contributed by atoms with Gasteiger partial charge in [-0.2, -0.15) is 0 Å². The molecule has 8 heteroatoms. The summed E-state index contributed by atoms with van der Waals surface area (Å²) in [6, 6.07) is 7.17. The van der Waals surface area contributed by atoms with Crippen molar-refractivity contribution in [3.05, 3.63) is 40.1 Å². The number of benzene rings is 1. The van der Waals surface area contributed by atoms with Crippen LogP contribution in [-0.2, 0) is 9.53 Å². The minimum atomic E-state index is -0.601. The van der Waals surface area contributed by atoms with E-state index in [1.54, 1.807) is 22.3 Å². The van der Waals surface area contributed by atoms with Crippen molar-refractivity contribution in [1.29, 1.82) is 0 Å². The van der Waals surface area contributed by atoms with Crippen molar-refractivity contribution < 1.29 is 28.5 Å². The van der Waals surface area contributed by atoms with Crippen LogP contribution in [0, 0.1) is 0 Å². The van der Waals surface area contributed by atoms with Gasteiger partial charge >= 0.3 is 5.97 Å². The molecule has 1 atom stereocenters. The smallest absolute Gasteiger partial charge is 0.338 e. The van der Waals surface area contributed by atoms with E-state index in [4.69, 9.17) is 18.9 Å². The molecule has 1 amide bonds. The summed E-state index contributed by atoms with van der Waals surface area (Å²) in [6.45, 7) is 1.20. The molecule has 1 saturated heterocycles. The Kier molecular flexibility index (Phi) is 5.38. The maximum absolute atomic E-state index is 12.6. The zero-order valence-corrected chi connectivity index (χ0v) is 16.3. The van der Waals surface area contributed by atoms with E-state index < -0.39 is 5.97 Å². The molecule has 7 nitrogen and oxygen atoms in total. The van der Waals surface area contributed by atoms with E-state index >= 15 is 0 Å². The van der Waals surface area contributed by atoms with Crippen LogP contribution in [0.4, 0.5) is 0 Å². The Balaban J connectivity index is 1.42. The average molecular weight is 403 g/mol. The second kappa shape index (κ2) is 8.10. The Hall–Kier alpha value is -2.74. The van der Waals surface area contributed by atoms with Gasteiger partial charge in [0.2, 0.25) is 5.75 Å². The fourth-order valence-corrected chi connectivity index (χ4v) is 4.40. The summed E-state index contributed by atoms with van der Waals surface area (Å²) in [5.74, 6) is 0.510. The van der Waals surface area contributed by atoms with Crippen LogP contribution in [0.25, 0.3) is 0 Å². The van der Waals surface area contributed by atoms with Gasteiger partial charge in [-0.15, -0.1) is 11.3 Å². The quantitative estimate of drug-likeness (QED) is 0.715. The number of ether oxygens (including phenoxy) is 4. The molecule has 2 aromatic rings. The van der Waals surface area contributed by atoms with Crippen LogP contribution in [0.1, 0.15) is 34.1 Å². The van der Waals surface area contributed by atoms with Crippen molar-refractivity contribution in [3.63, 3.8) is 0 Å². The van der Waals surface area contributed by atoms with E-state index in [1.165, 1.54) is 13.2 Å². The van der Waals surface area contributed by atoms with Gasteiger partial charge < -0.3 is 23.8 Å². The Morgan fingerprint density at radius 2 is 2.14 bits per heavy atom. The lowest BCUT2D eigenvalue weighted by Crippen LogP contribution is -2.34. The van der Waals surface area contributed by atoms with E-state index in [2.05, 4.69) is 0 Å². The number of fused-ring (bicyclic) bond motifs is 1. The van der Waals surface area contributed by atoms with Gasteiger partial charge in [-0.1, -0.05) is 6.07 Å². The predicted octanol–water partition coefficient (Wildman–Crippen LogP) is 3.05. The number of likely N-dealkylation sites (tertiary alicyclic amines) is 1. The number of hydrogen-bond donors (Lipinski definition) is 0. The number of thiophene rings is 1. The number of carbonyl (C=O) groups is 2. The van der Waals surface area contributed by atoms with E-state index in [0.29, 0.717) is 37.0 Å². The average Bonchev–Trinajstić information content (AvgIpc) is 3.42. The lowest BCUT2D eigenvalue weighted by molar-refractivity contribution is -0.135. The third-order valence-corrected chi connectivity index (χ3v) is 5.81. The predicted molar refractivity (Wildman–Crippen MR) is 102 cm³/mol. The fraction of sp³-hybridized carbons (Fsp3) is 0.400. The summed E-state index contributed by atoms with van der Waals surface area (Å²) in [5, 5.41) is 2.01. The summed E-state index contributed by atoms with van der Waals surface area (Å²) in [7, 11) is 1.49. The number of rotatable bonds is 5. The molecule has 2 aliphatic rings. The molecule has 2 aliphatic heterocycles. The molecule has 1 aromatic carbocycles. The lowest BCUT2D eigenvalue weighted by atomic mass is 10.1. The third kappa shape index (κ3) is 3.64. The fourth-order valence-electron chi connectivity index (χ4n) is 3.53. The second-order valence-electron chi connectivity index (χ2n) is 6.54. The Morgan fingerprint density at radius 1 is 1.29 bits per heavy atom. The molecule has 0 spiro atoms. The minimum absolute atomic E-state index is 0.0700. The highest BCUT2D eigenvalue weighted by atomic mass is 32.1. The lowest BCUT2D eigenvalue weighted by Gasteiger charge is -2.24. The third-order valence-electron chi connectivity index (χ3n) is 4.84. The summed E-state index contributed by atoms with van der Waals surface area (Å²) in [4.78, 5) is 28.1. The van der Waals surface area contributed by atoms with Gasteiger partial charge in [-0.3, -0.25) is 4.79 Å². The van der Waals surface area contributed by atoms with Crippen LogP contribution in [0.3, 0.4) is 0 Å². The summed E-state index contributed by atoms with van der Waals surface area (Å²) >= 11 is 1.64. The van der Waals surface area contributed by atoms with Crippen LogP contribution >= 0.6 is 11.3 Å². The van der Waals surface area contributed by atoms with Crippen molar-refractivity contribution >= 4 is 23.2 Å². The van der Waals surface area contributed by atoms with Gasteiger partial charge in [0.05, 0.1) is 18.7 Å². The zero-order valence-electron chi connectivity index (χ0n) is 15.5. The molecular weight excluding hydrogens is 382 g/mol. The first-order chi connectivity index (χ1) is 13.7. The molecule has 0 N–H and O–H groups in total. The number of hydrogen-bond acceptors (Lipinski definition) is 7. The van der Waals surface area contributed by atoms with Gasteiger partial charge in [0.25, 0.3) is 5.91 Å². The molecule has 1 unspecified atom stereocenters. The van der Waals surface area contributed by atoms with Crippen molar-refractivity contribution in [3.8, 4) is 17.2 Å². The van der Waals surface area contributed by atoms with Crippen molar-refractivity contribution in [2.75, 3.05) is 33.5 Å². The number of nitrogens with zero attached hydrogens (tertiary/aromatic N) is 1. The Bertz CT molecular complexity index is 849. The molecule has 1 aromatic heterocycles. The molecule has 148 valence electrons. The van der Waals surface area contributed by atoms with E-state index in [0.717, 1.165) is 17.7 Å². The largest absolute Gasteiger partial charge is 0.493 e. The highest BCUT2D eigenvalue weighted by Gasteiger charge is 2.31. The number of amides is 1. The van der Waals surface area contributed by atoms with Gasteiger partial charge in [-0.25, -0.2) is 4.79 Å².